The van der Waals surface area contributed by atoms with E-state index in [1.165, 1.54) is 18.2 Å². The third kappa shape index (κ3) is 1.63. The molecule has 1 heterocycles. The molecule has 0 radical (unpaired) electrons. The number of rotatable bonds is 1. The molecule has 0 bridgehead atoms. The van der Waals surface area contributed by atoms with Crippen LogP contribution in [0.2, 0.25) is 5.02 Å². The standard InChI is InChI=1S/C14H9ClF2N2O/c15-7-4-5-11-9(6-7)14(20,13(18)19-11)8-2-1-3-10(16)12(8)17/h1-6,20H,(H2,18,19). The number of benzene rings is 2. The summed E-state index contributed by atoms with van der Waals surface area (Å²) < 4.78 is 27.4. The lowest BCUT2D eigenvalue weighted by atomic mass is 9.86. The highest BCUT2D eigenvalue weighted by Gasteiger charge is 2.44. The van der Waals surface area contributed by atoms with E-state index in [1.807, 2.05) is 0 Å². The van der Waals surface area contributed by atoms with E-state index < -0.39 is 17.2 Å². The highest BCUT2D eigenvalue weighted by molar-refractivity contribution is 6.30. The molecule has 1 aliphatic rings. The molecule has 0 fully saturated rings. The van der Waals surface area contributed by atoms with Crippen molar-refractivity contribution in [2.45, 2.75) is 5.60 Å². The van der Waals surface area contributed by atoms with Crippen LogP contribution in [0.25, 0.3) is 0 Å². The number of aliphatic hydroxyl groups is 1. The van der Waals surface area contributed by atoms with Gasteiger partial charge < -0.3 is 10.8 Å². The number of fused-ring (bicyclic) bond motifs is 1. The van der Waals surface area contributed by atoms with E-state index in [0.717, 1.165) is 6.07 Å². The number of aliphatic imine (C=N–C) groups is 1. The molecule has 0 spiro atoms. The van der Waals surface area contributed by atoms with Crippen molar-refractivity contribution in [3.8, 4) is 0 Å². The Morgan fingerprint density at radius 3 is 2.65 bits per heavy atom. The van der Waals surface area contributed by atoms with Crippen LogP contribution in [-0.2, 0) is 5.60 Å². The maximum absolute atomic E-state index is 14.0. The Labute approximate surface area is 118 Å². The summed E-state index contributed by atoms with van der Waals surface area (Å²) >= 11 is 5.89. The lowest BCUT2D eigenvalue weighted by Crippen LogP contribution is -2.40. The molecule has 3 N–H and O–H groups in total. The maximum atomic E-state index is 14.0. The Bertz CT molecular complexity index is 748. The predicted octanol–water partition coefficient (Wildman–Crippen LogP) is 2.86. The van der Waals surface area contributed by atoms with Gasteiger partial charge in [-0.25, -0.2) is 13.8 Å². The fraction of sp³-hybridized carbons (Fsp3) is 0.0714. The average Bonchev–Trinajstić information content (AvgIpc) is 2.66. The number of halogens is 3. The van der Waals surface area contributed by atoms with Gasteiger partial charge in [0.15, 0.2) is 17.2 Å². The van der Waals surface area contributed by atoms with E-state index >= 15 is 0 Å². The highest BCUT2D eigenvalue weighted by atomic mass is 35.5. The van der Waals surface area contributed by atoms with Crippen LogP contribution in [0.5, 0.6) is 0 Å². The Morgan fingerprint density at radius 1 is 1.15 bits per heavy atom. The Hall–Kier alpha value is -1.98. The first-order valence-electron chi connectivity index (χ1n) is 5.76. The smallest absolute Gasteiger partial charge is 0.177 e. The summed E-state index contributed by atoms with van der Waals surface area (Å²) in [5.74, 6) is -2.46. The molecule has 0 saturated heterocycles. The SMILES string of the molecule is NC1=Nc2ccc(Cl)cc2C1(O)c1cccc(F)c1F. The van der Waals surface area contributed by atoms with Gasteiger partial charge >= 0.3 is 0 Å². The van der Waals surface area contributed by atoms with Gasteiger partial charge in [-0.1, -0.05) is 23.7 Å². The zero-order valence-corrected chi connectivity index (χ0v) is 10.8. The molecule has 1 unspecified atom stereocenters. The lowest BCUT2D eigenvalue weighted by Gasteiger charge is -2.25. The molecule has 2 aromatic rings. The first kappa shape index (κ1) is 13.0. The number of nitrogens with zero attached hydrogens (tertiary/aromatic N) is 1. The molecular weight excluding hydrogens is 286 g/mol. The van der Waals surface area contributed by atoms with Crippen LogP contribution in [-0.4, -0.2) is 10.9 Å². The van der Waals surface area contributed by atoms with E-state index in [0.29, 0.717) is 10.7 Å². The quantitative estimate of drug-likeness (QED) is 0.849. The van der Waals surface area contributed by atoms with Crippen LogP contribution in [0.4, 0.5) is 14.5 Å². The largest absolute Gasteiger partial charge is 0.384 e. The van der Waals surface area contributed by atoms with Crippen molar-refractivity contribution < 1.29 is 13.9 Å². The lowest BCUT2D eigenvalue weighted by molar-refractivity contribution is 0.152. The van der Waals surface area contributed by atoms with Gasteiger partial charge in [-0.15, -0.1) is 0 Å². The van der Waals surface area contributed by atoms with Gasteiger partial charge in [-0.2, -0.15) is 0 Å². The number of nitrogens with two attached hydrogens (primary N) is 1. The summed E-state index contributed by atoms with van der Waals surface area (Å²) in [5, 5.41) is 11.1. The normalized spacial score (nSPS) is 20.7. The molecule has 6 heteroatoms. The highest BCUT2D eigenvalue weighted by Crippen LogP contribution is 2.43. The van der Waals surface area contributed by atoms with E-state index in [9.17, 15) is 13.9 Å². The molecule has 0 aromatic heterocycles. The zero-order chi connectivity index (χ0) is 14.5. The van der Waals surface area contributed by atoms with Crippen LogP contribution in [0.3, 0.4) is 0 Å². The third-order valence-electron chi connectivity index (χ3n) is 3.30. The molecule has 0 saturated carbocycles. The third-order valence-corrected chi connectivity index (χ3v) is 3.54. The second-order valence-corrected chi connectivity index (χ2v) is 4.91. The fourth-order valence-electron chi connectivity index (χ4n) is 2.31. The van der Waals surface area contributed by atoms with Gasteiger partial charge in [0.1, 0.15) is 5.84 Å². The minimum Gasteiger partial charge on any atom is -0.384 e. The summed E-state index contributed by atoms with van der Waals surface area (Å²) in [4.78, 5) is 3.99. The summed E-state index contributed by atoms with van der Waals surface area (Å²) in [6.07, 6.45) is 0. The van der Waals surface area contributed by atoms with Gasteiger partial charge in [-0.3, -0.25) is 0 Å². The molecule has 0 amide bonds. The van der Waals surface area contributed by atoms with Crippen molar-refractivity contribution in [2.24, 2.45) is 10.7 Å². The Kier molecular flexibility index (Phi) is 2.77. The second kappa shape index (κ2) is 4.26. The van der Waals surface area contributed by atoms with E-state index in [1.54, 1.807) is 12.1 Å². The molecule has 102 valence electrons. The summed E-state index contributed by atoms with van der Waals surface area (Å²) in [7, 11) is 0. The van der Waals surface area contributed by atoms with Crippen molar-refractivity contribution in [3.63, 3.8) is 0 Å². The van der Waals surface area contributed by atoms with Crippen LogP contribution < -0.4 is 5.73 Å². The number of hydrogen-bond acceptors (Lipinski definition) is 3. The molecule has 0 aliphatic carbocycles. The molecule has 1 aliphatic heterocycles. The molecular formula is C14H9ClF2N2O. The molecule has 20 heavy (non-hydrogen) atoms. The van der Waals surface area contributed by atoms with Crippen LogP contribution in [0.15, 0.2) is 41.4 Å². The number of amidine groups is 1. The Balaban J connectivity index is 2.31. The van der Waals surface area contributed by atoms with Crippen LogP contribution >= 0.6 is 11.6 Å². The minimum atomic E-state index is -2.02. The van der Waals surface area contributed by atoms with Gasteiger partial charge in [-0.05, 0) is 24.3 Å². The Morgan fingerprint density at radius 2 is 1.90 bits per heavy atom. The van der Waals surface area contributed by atoms with Crippen LogP contribution in [0, 0.1) is 11.6 Å². The molecule has 3 nitrogen and oxygen atoms in total. The van der Waals surface area contributed by atoms with Crippen molar-refractivity contribution in [1.29, 1.82) is 0 Å². The van der Waals surface area contributed by atoms with Gasteiger partial charge in [0.2, 0.25) is 0 Å². The van der Waals surface area contributed by atoms with E-state index in [-0.39, 0.29) is 17.0 Å². The van der Waals surface area contributed by atoms with Crippen molar-refractivity contribution in [1.82, 2.24) is 0 Å². The van der Waals surface area contributed by atoms with E-state index in [2.05, 4.69) is 4.99 Å². The minimum absolute atomic E-state index is 0.223. The summed E-state index contributed by atoms with van der Waals surface area (Å²) in [6, 6.07) is 8.08. The van der Waals surface area contributed by atoms with Crippen molar-refractivity contribution >= 4 is 23.1 Å². The first-order chi connectivity index (χ1) is 9.44. The topological polar surface area (TPSA) is 58.6 Å². The van der Waals surface area contributed by atoms with Gasteiger partial charge in [0, 0.05) is 16.1 Å². The summed E-state index contributed by atoms with van der Waals surface area (Å²) in [5.41, 5.74) is 4.02. The molecule has 2 aromatic carbocycles. The van der Waals surface area contributed by atoms with Gasteiger partial charge in [0.25, 0.3) is 0 Å². The van der Waals surface area contributed by atoms with Crippen LogP contribution in [0.1, 0.15) is 11.1 Å². The van der Waals surface area contributed by atoms with Crippen molar-refractivity contribution in [2.75, 3.05) is 0 Å². The monoisotopic (exact) mass is 294 g/mol. The first-order valence-corrected chi connectivity index (χ1v) is 6.14. The van der Waals surface area contributed by atoms with Gasteiger partial charge in [0.05, 0.1) is 5.69 Å². The fourth-order valence-corrected chi connectivity index (χ4v) is 2.48. The average molecular weight is 295 g/mol. The molecule has 1 atom stereocenters. The predicted molar refractivity (Wildman–Crippen MR) is 72.1 cm³/mol. The zero-order valence-electron chi connectivity index (χ0n) is 10.1. The summed E-state index contributed by atoms with van der Waals surface area (Å²) in [6.45, 7) is 0. The number of hydrogen-bond donors (Lipinski definition) is 2. The maximum Gasteiger partial charge on any atom is 0.177 e. The molecule has 3 rings (SSSR count). The van der Waals surface area contributed by atoms with Crippen molar-refractivity contribution in [3.05, 3.63) is 64.2 Å². The second-order valence-electron chi connectivity index (χ2n) is 4.47. The van der Waals surface area contributed by atoms with E-state index in [4.69, 9.17) is 17.3 Å².